The van der Waals surface area contributed by atoms with Gasteiger partial charge in [-0.2, -0.15) is 0 Å². The first-order chi connectivity index (χ1) is 15.5. The van der Waals surface area contributed by atoms with Gasteiger partial charge >= 0.3 is 0 Å². The first kappa shape index (κ1) is 23.1. The molecular weight excluding hydrogens is 432 g/mol. The number of aliphatic hydroxyl groups is 1. The average molecular weight is 455 g/mol. The van der Waals surface area contributed by atoms with Gasteiger partial charge in [-0.25, -0.2) is 0 Å². The van der Waals surface area contributed by atoms with Crippen LogP contribution in [0, 0.1) is 0 Å². The number of nitrogens with one attached hydrogen (secondary N) is 4. The van der Waals surface area contributed by atoms with Gasteiger partial charge in [0.25, 0.3) is 0 Å². The molecular formula is C23H23ClN4O4. The normalized spacial score (nSPS) is 14.6. The summed E-state index contributed by atoms with van der Waals surface area (Å²) in [4.78, 5) is 34.5. The summed E-state index contributed by atoms with van der Waals surface area (Å²) in [5.41, 5.74) is 3.15. The molecule has 2 aromatic rings. The largest absolute Gasteiger partial charge is 0.394 e. The molecule has 0 aromatic heterocycles. The van der Waals surface area contributed by atoms with E-state index < -0.39 is 12.3 Å². The first-order valence-corrected chi connectivity index (χ1v) is 10.2. The minimum absolute atomic E-state index is 0.130. The summed E-state index contributed by atoms with van der Waals surface area (Å²) in [7, 11) is 1.72. The summed E-state index contributed by atoms with van der Waals surface area (Å²) in [5, 5.41) is 23.3. The number of aldehydes is 3. The highest BCUT2D eigenvalue weighted by molar-refractivity contribution is 6.30. The molecule has 1 aliphatic heterocycles. The zero-order chi connectivity index (χ0) is 23.1. The third kappa shape index (κ3) is 5.16. The van der Waals surface area contributed by atoms with E-state index >= 15 is 0 Å². The lowest BCUT2D eigenvalue weighted by molar-refractivity contribution is -0.105. The van der Waals surface area contributed by atoms with Crippen LogP contribution in [0.2, 0.25) is 5.02 Å². The summed E-state index contributed by atoms with van der Waals surface area (Å²) in [5.74, 6) is 0. The zero-order valence-electron chi connectivity index (χ0n) is 17.3. The quantitative estimate of drug-likeness (QED) is 0.211. The van der Waals surface area contributed by atoms with Crippen molar-refractivity contribution in [1.29, 1.82) is 0 Å². The van der Waals surface area contributed by atoms with Crippen LogP contribution in [0.5, 0.6) is 0 Å². The van der Waals surface area contributed by atoms with Gasteiger partial charge in [-0.05, 0) is 42.1 Å². The van der Waals surface area contributed by atoms with Gasteiger partial charge in [0.2, 0.25) is 0 Å². The molecule has 0 saturated heterocycles. The molecule has 2 aromatic carbocycles. The second kappa shape index (κ2) is 10.6. The smallest absolute Gasteiger partial charge is 0.152 e. The van der Waals surface area contributed by atoms with Gasteiger partial charge in [0.05, 0.1) is 23.1 Å². The molecule has 8 nitrogen and oxygen atoms in total. The van der Waals surface area contributed by atoms with Gasteiger partial charge in [0.15, 0.2) is 18.9 Å². The second-order valence-corrected chi connectivity index (χ2v) is 7.48. The number of hydrogen-bond donors (Lipinski definition) is 5. The third-order valence-electron chi connectivity index (χ3n) is 4.96. The van der Waals surface area contributed by atoms with E-state index in [0.717, 1.165) is 0 Å². The first-order valence-electron chi connectivity index (χ1n) is 9.82. The summed E-state index contributed by atoms with van der Waals surface area (Å²) in [6.45, 7) is 0.130. The Morgan fingerprint density at radius 1 is 1.12 bits per heavy atom. The molecule has 0 bridgehead atoms. The van der Waals surface area contributed by atoms with Crippen molar-refractivity contribution < 1.29 is 19.5 Å². The van der Waals surface area contributed by atoms with E-state index in [-0.39, 0.29) is 17.7 Å². The summed E-state index contributed by atoms with van der Waals surface area (Å²) >= 11 is 6.00. The van der Waals surface area contributed by atoms with E-state index in [9.17, 15) is 19.5 Å². The van der Waals surface area contributed by atoms with Crippen LogP contribution in [0.25, 0.3) is 0 Å². The fraction of sp³-hybridized carbons (Fsp3) is 0.174. The molecule has 1 unspecified atom stereocenters. The topological polar surface area (TPSA) is 120 Å². The number of rotatable bonds is 10. The highest BCUT2D eigenvalue weighted by Crippen LogP contribution is 2.33. The maximum absolute atomic E-state index is 12.0. The Balaban J connectivity index is 1.86. The summed E-state index contributed by atoms with van der Waals surface area (Å²) in [6, 6.07) is 10.0. The molecule has 0 radical (unpaired) electrons. The van der Waals surface area contributed by atoms with Crippen LogP contribution < -0.4 is 21.3 Å². The number of allylic oxidation sites excluding steroid dienone is 1. The molecule has 1 atom stereocenters. The Labute approximate surface area is 190 Å². The van der Waals surface area contributed by atoms with Crippen LogP contribution in [0.15, 0.2) is 59.9 Å². The Hall–Kier alpha value is -3.62. The van der Waals surface area contributed by atoms with Crippen LogP contribution in [0.4, 0.5) is 11.4 Å². The SMILES string of the molecule is CN/C=C\C(NCC(O)c1cccc(Cl)c1)=C(/C=O)C1Nc2cc(C=O)c(C=O)cc2N1. The van der Waals surface area contributed by atoms with Crippen molar-refractivity contribution in [3.63, 3.8) is 0 Å². The van der Waals surface area contributed by atoms with E-state index in [1.165, 1.54) is 0 Å². The molecule has 0 saturated carbocycles. The lowest BCUT2D eigenvalue weighted by Gasteiger charge is -2.19. The minimum atomic E-state index is -0.855. The van der Waals surface area contributed by atoms with Gasteiger partial charge in [-0.1, -0.05) is 23.7 Å². The van der Waals surface area contributed by atoms with Crippen LogP contribution in [-0.4, -0.2) is 43.7 Å². The van der Waals surface area contributed by atoms with Crippen LogP contribution in [-0.2, 0) is 4.79 Å². The minimum Gasteiger partial charge on any atom is -0.394 e. The molecule has 9 heteroatoms. The van der Waals surface area contributed by atoms with Gasteiger partial charge in [0.1, 0.15) is 6.17 Å². The third-order valence-corrected chi connectivity index (χ3v) is 5.20. The van der Waals surface area contributed by atoms with Crippen LogP contribution >= 0.6 is 11.6 Å². The van der Waals surface area contributed by atoms with Gasteiger partial charge in [-0.3, -0.25) is 14.4 Å². The number of hydrogen-bond acceptors (Lipinski definition) is 8. The maximum atomic E-state index is 12.0. The van der Waals surface area contributed by atoms with Crippen molar-refractivity contribution in [3.05, 3.63) is 81.7 Å². The number of carbonyl (C=O) groups is 3. The van der Waals surface area contributed by atoms with Crippen molar-refractivity contribution in [3.8, 4) is 0 Å². The number of halogens is 1. The fourth-order valence-corrected chi connectivity index (χ4v) is 3.53. The van der Waals surface area contributed by atoms with Crippen molar-refractivity contribution in [2.45, 2.75) is 12.3 Å². The standard InChI is InChI=1S/C23H23ClN4O4/c1-25-6-5-19(26-10-22(32)14-3-2-4-17(24)7-14)18(13-31)23-27-20-8-15(11-29)16(12-30)9-21(20)28-23/h2-9,11-13,22-23,25-28,32H,10H2,1H3/b6-5-,19-18-. The Kier molecular flexibility index (Phi) is 7.64. The van der Waals surface area contributed by atoms with E-state index in [1.807, 2.05) is 0 Å². The van der Waals surface area contributed by atoms with Gasteiger partial charge in [-0.15, -0.1) is 0 Å². The van der Waals surface area contributed by atoms with Gasteiger partial charge < -0.3 is 26.4 Å². The molecule has 0 amide bonds. The number of fused-ring (bicyclic) bond motifs is 1. The summed E-state index contributed by atoms with van der Waals surface area (Å²) in [6.07, 6.45) is 3.77. The molecule has 1 aliphatic rings. The molecule has 0 aliphatic carbocycles. The molecule has 0 fully saturated rings. The van der Waals surface area contributed by atoms with E-state index in [1.54, 1.807) is 55.7 Å². The molecule has 1 heterocycles. The number of carbonyl (C=O) groups excluding carboxylic acids is 3. The van der Waals surface area contributed by atoms with E-state index in [4.69, 9.17) is 11.6 Å². The molecule has 166 valence electrons. The molecule has 5 N–H and O–H groups in total. The van der Waals surface area contributed by atoms with Crippen molar-refractivity contribution in [1.82, 2.24) is 10.6 Å². The summed E-state index contributed by atoms with van der Waals surface area (Å²) < 4.78 is 0. The highest BCUT2D eigenvalue weighted by Gasteiger charge is 2.26. The Bertz CT molecular complexity index is 1050. The van der Waals surface area contributed by atoms with Crippen LogP contribution in [0.1, 0.15) is 32.4 Å². The maximum Gasteiger partial charge on any atom is 0.152 e. The molecule has 32 heavy (non-hydrogen) atoms. The van der Waals surface area contributed by atoms with E-state index in [0.29, 0.717) is 52.1 Å². The average Bonchev–Trinajstić information content (AvgIpc) is 3.21. The van der Waals surface area contributed by atoms with Crippen molar-refractivity contribution in [2.75, 3.05) is 24.2 Å². The molecule has 0 spiro atoms. The predicted octanol–water partition coefficient (Wildman–Crippen LogP) is 2.64. The van der Waals surface area contributed by atoms with Crippen molar-refractivity contribution in [2.24, 2.45) is 0 Å². The van der Waals surface area contributed by atoms with Crippen LogP contribution in [0.3, 0.4) is 0 Å². The number of aliphatic hydroxyl groups excluding tert-OH is 1. The fourth-order valence-electron chi connectivity index (χ4n) is 3.33. The number of benzene rings is 2. The van der Waals surface area contributed by atoms with Crippen molar-refractivity contribution >= 4 is 41.8 Å². The Morgan fingerprint density at radius 2 is 1.78 bits per heavy atom. The lowest BCUT2D eigenvalue weighted by Crippen LogP contribution is -2.31. The monoisotopic (exact) mass is 454 g/mol. The molecule has 3 rings (SSSR count). The van der Waals surface area contributed by atoms with Gasteiger partial charge in [0, 0.05) is 35.4 Å². The second-order valence-electron chi connectivity index (χ2n) is 7.04. The highest BCUT2D eigenvalue weighted by atomic mass is 35.5. The zero-order valence-corrected chi connectivity index (χ0v) is 18.0. The predicted molar refractivity (Wildman–Crippen MR) is 124 cm³/mol. The Morgan fingerprint density at radius 3 is 2.31 bits per heavy atom. The van der Waals surface area contributed by atoms with E-state index in [2.05, 4.69) is 21.3 Å². The lowest BCUT2D eigenvalue weighted by atomic mass is 10.1. The number of anilines is 2.